The van der Waals surface area contributed by atoms with Gasteiger partial charge in [0, 0.05) is 68.2 Å². The highest BCUT2D eigenvalue weighted by Gasteiger charge is 2.21. The molecule has 0 saturated heterocycles. The van der Waals surface area contributed by atoms with Crippen LogP contribution in [-0.4, -0.2) is 15.0 Å². The number of aromatic nitrogens is 3. The fraction of sp³-hybridized carbons (Fsp3) is 0. The summed E-state index contributed by atoms with van der Waals surface area (Å²) < 4.78 is 5.03. The number of thiophene rings is 2. The van der Waals surface area contributed by atoms with Crippen molar-refractivity contribution in [2.24, 2.45) is 0 Å². The molecule has 0 spiro atoms. The van der Waals surface area contributed by atoms with Gasteiger partial charge in [-0.25, -0.2) is 15.0 Å². The molecule has 3 aromatic heterocycles. The maximum Gasteiger partial charge on any atom is 0.165 e. The Morgan fingerprint density at radius 3 is 1.54 bits per heavy atom. The van der Waals surface area contributed by atoms with Gasteiger partial charge in [0.25, 0.3) is 0 Å². The van der Waals surface area contributed by atoms with Crippen LogP contribution in [0.15, 0.2) is 188 Å². The Balaban J connectivity index is 1.12. The molecule has 0 N–H and O–H groups in total. The van der Waals surface area contributed by atoms with Crippen molar-refractivity contribution in [1.82, 2.24) is 15.0 Å². The van der Waals surface area contributed by atoms with E-state index in [2.05, 4.69) is 164 Å². The van der Waals surface area contributed by atoms with E-state index in [-0.39, 0.29) is 0 Å². The van der Waals surface area contributed by atoms with E-state index in [0.29, 0.717) is 17.5 Å². The normalized spacial score (nSPS) is 11.6. The molecular weight excluding hydrogens is 719 g/mol. The summed E-state index contributed by atoms with van der Waals surface area (Å²) in [6, 6.07) is 66.6. The standard InChI is InChI=1S/C51H31N3S2/c1-4-15-32(16-5-1)35-21-12-22-36(31-35)50-52-49(34-19-8-3-9-20-34)53-51(54-50)43-27-14-26-39-38-24-13-25-40(46(38)56-47(39)43)41-30-29-37(33-17-6-2-7-18-33)45-42-23-10-11-28-44(42)55-48(41)45/h1-31H. The average Bonchev–Trinajstić information content (AvgIpc) is 3.86. The predicted molar refractivity (Wildman–Crippen MR) is 238 cm³/mol. The molecule has 0 radical (unpaired) electrons. The molecule has 262 valence electrons. The van der Waals surface area contributed by atoms with Crippen LogP contribution in [0.4, 0.5) is 0 Å². The number of fused-ring (bicyclic) bond motifs is 6. The predicted octanol–water partition coefficient (Wildman–Crippen LogP) is 14.6. The van der Waals surface area contributed by atoms with Crippen molar-refractivity contribution < 1.29 is 0 Å². The minimum absolute atomic E-state index is 0.649. The maximum absolute atomic E-state index is 5.22. The Kier molecular flexibility index (Phi) is 7.87. The van der Waals surface area contributed by atoms with Crippen molar-refractivity contribution in [3.63, 3.8) is 0 Å². The van der Waals surface area contributed by atoms with Gasteiger partial charge < -0.3 is 0 Å². The van der Waals surface area contributed by atoms with Gasteiger partial charge >= 0.3 is 0 Å². The second kappa shape index (κ2) is 13.5. The molecule has 11 aromatic rings. The van der Waals surface area contributed by atoms with E-state index in [1.807, 2.05) is 46.9 Å². The largest absolute Gasteiger partial charge is 0.208 e. The summed E-state index contributed by atoms with van der Waals surface area (Å²) in [6.07, 6.45) is 0. The fourth-order valence-corrected chi connectivity index (χ4v) is 10.5. The van der Waals surface area contributed by atoms with Gasteiger partial charge in [0.15, 0.2) is 17.5 Å². The summed E-state index contributed by atoms with van der Waals surface area (Å²) in [4.78, 5) is 15.5. The molecular formula is C51H31N3S2. The first kappa shape index (κ1) is 32.6. The highest BCUT2D eigenvalue weighted by Crippen LogP contribution is 2.49. The summed E-state index contributed by atoms with van der Waals surface area (Å²) in [5.41, 5.74) is 10.2. The van der Waals surface area contributed by atoms with E-state index in [1.165, 1.54) is 57.9 Å². The lowest BCUT2D eigenvalue weighted by Gasteiger charge is -2.10. The number of benzene rings is 8. The van der Waals surface area contributed by atoms with E-state index in [1.54, 1.807) is 0 Å². The van der Waals surface area contributed by atoms with Crippen molar-refractivity contribution in [3.05, 3.63) is 188 Å². The van der Waals surface area contributed by atoms with E-state index in [9.17, 15) is 0 Å². The Labute approximate surface area is 331 Å². The first-order valence-corrected chi connectivity index (χ1v) is 20.3. The topological polar surface area (TPSA) is 38.7 Å². The summed E-state index contributed by atoms with van der Waals surface area (Å²) >= 11 is 3.71. The molecule has 0 fully saturated rings. The number of hydrogen-bond donors (Lipinski definition) is 0. The molecule has 11 rings (SSSR count). The Morgan fingerprint density at radius 1 is 0.286 bits per heavy atom. The molecule has 0 bridgehead atoms. The Morgan fingerprint density at radius 2 is 0.786 bits per heavy atom. The maximum atomic E-state index is 5.22. The van der Waals surface area contributed by atoms with Gasteiger partial charge in [-0.2, -0.15) is 0 Å². The summed E-state index contributed by atoms with van der Waals surface area (Å²) in [7, 11) is 0. The van der Waals surface area contributed by atoms with Crippen molar-refractivity contribution in [2.45, 2.75) is 0 Å². The summed E-state index contributed by atoms with van der Waals surface area (Å²) in [6.45, 7) is 0. The minimum atomic E-state index is 0.649. The van der Waals surface area contributed by atoms with Crippen LogP contribution in [0.25, 0.3) is 108 Å². The van der Waals surface area contributed by atoms with Crippen LogP contribution in [0.3, 0.4) is 0 Å². The zero-order valence-corrected chi connectivity index (χ0v) is 31.7. The molecule has 0 aliphatic heterocycles. The summed E-state index contributed by atoms with van der Waals surface area (Å²) in [5, 5.41) is 5.05. The molecule has 0 atom stereocenters. The molecule has 0 aliphatic rings. The second-order valence-electron chi connectivity index (χ2n) is 13.9. The average molecular weight is 750 g/mol. The third-order valence-corrected chi connectivity index (χ3v) is 13.1. The molecule has 0 amide bonds. The number of rotatable bonds is 6. The first-order valence-electron chi connectivity index (χ1n) is 18.7. The lowest BCUT2D eigenvalue weighted by atomic mass is 9.94. The van der Waals surface area contributed by atoms with Gasteiger partial charge in [-0.3, -0.25) is 0 Å². The molecule has 56 heavy (non-hydrogen) atoms. The first-order chi connectivity index (χ1) is 27.8. The van der Waals surface area contributed by atoms with Crippen LogP contribution in [0.1, 0.15) is 0 Å². The van der Waals surface area contributed by atoms with Crippen LogP contribution < -0.4 is 0 Å². The van der Waals surface area contributed by atoms with Crippen molar-refractivity contribution in [1.29, 1.82) is 0 Å². The Bertz CT molecular complexity index is 3240. The van der Waals surface area contributed by atoms with Crippen LogP contribution in [0, 0.1) is 0 Å². The molecule has 8 aromatic carbocycles. The van der Waals surface area contributed by atoms with Crippen LogP contribution in [0.2, 0.25) is 0 Å². The van der Waals surface area contributed by atoms with Crippen molar-refractivity contribution >= 4 is 63.0 Å². The molecule has 5 heteroatoms. The highest BCUT2D eigenvalue weighted by atomic mass is 32.1. The molecule has 3 heterocycles. The zero-order valence-electron chi connectivity index (χ0n) is 30.1. The molecule has 0 saturated carbocycles. The zero-order chi connectivity index (χ0) is 37.0. The van der Waals surface area contributed by atoms with Gasteiger partial charge in [0.05, 0.1) is 0 Å². The monoisotopic (exact) mass is 749 g/mol. The summed E-state index contributed by atoms with van der Waals surface area (Å²) in [5.74, 6) is 1.97. The van der Waals surface area contributed by atoms with Gasteiger partial charge in [-0.15, -0.1) is 22.7 Å². The van der Waals surface area contributed by atoms with Gasteiger partial charge in [-0.1, -0.05) is 170 Å². The SMILES string of the molecule is c1ccc(-c2cccc(-c3nc(-c4ccccc4)nc(-c4cccc5c4sc4c(-c6ccc(-c7ccccc7)c7c6sc6ccccc67)cccc45)n3)c2)cc1. The number of hydrogen-bond acceptors (Lipinski definition) is 5. The van der Waals surface area contributed by atoms with Crippen LogP contribution >= 0.6 is 22.7 Å². The second-order valence-corrected chi connectivity index (χ2v) is 16.0. The smallest absolute Gasteiger partial charge is 0.165 e. The minimum Gasteiger partial charge on any atom is -0.208 e. The Hall–Kier alpha value is -6.79. The van der Waals surface area contributed by atoms with Gasteiger partial charge in [0.2, 0.25) is 0 Å². The number of nitrogens with zero attached hydrogens (tertiary/aromatic N) is 3. The van der Waals surface area contributed by atoms with Crippen molar-refractivity contribution in [3.8, 4) is 67.5 Å². The fourth-order valence-electron chi connectivity index (χ4n) is 7.92. The third kappa shape index (κ3) is 5.51. The van der Waals surface area contributed by atoms with E-state index < -0.39 is 0 Å². The van der Waals surface area contributed by atoms with Gasteiger partial charge in [0.1, 0.15) is 0 Å². The lowest BCUT2D eigenvalue weighted by molar-refractivity contribution is 1.08. The van der Waals surface area contributed by atoms with Crippen molar-refractivity contribution in [2.75, 3.05) is 0 Å². The molecule has 0 aliphatic carbocycles. The highest BCUT2D eigenvalue weighted by molar-refractivity contribution is 7.27. The molecule has 3 nitrogen and oxygen atoms in total. The van der Waals surface area contributed by atoms with Gasteiger partial charge in [-0.05, 0) is 40.5 Å². The quantitative estimate of drug-likeness (QED) is 0.170. The van der Waals surface area contributed by atoms with Crippen LogP contribution in [-0.2, 0) is 0 Å². The lowest BCUT2D eigenvalue weighted by Crippen LogP contribution is -2.00. The van der Waals surface area contributed by atoms with Crippen LogP contribution in [0.5, 0.6) is 0 Å². The van der Waals surface area contributed by atoms with E-state index in [4.69, 9.17) is 15.0 Å². The van der Waals surface area contributed by atoms with E-state index in [0.717, 1.165) is 32.5 Å². The van der Waals surface area contributed by atoms with E-state index >= 15 is 0 Å². The third-order valence-electron chi connectivity index (χ3n) is 10.6. The molecule has 0 unspecified atom stereocenters.